The van der Waals surface area contributed by atoms with E-state index in [4.69, 9.17) is 9.47 Å². The molecule has 11 heteroatoms. The molecule has 0 radical (unpaired) electrons. The van der Waals surface area contributed by atoms with Crippen LogP contribution in [0.5, 0.6) is 11.5 Å². The predicted octanol–water partition coefficient (Wildman–Crippen LogP) is 6.63. The second-order valence-electron chi connectivity index (χ2n) is 8.35. The van der Waals surface area contributed by atoms with E-state index >= 15 is 0 Å². The van der Waals surface area contributed by atoms with Gasteiger partial charge in [-0.3, -0.25) is 10.1 Å². The summed E-state index contributed by atoms with van der Waals surface area (Å²) in [7, 11) is 1.49. The third kappa shape index (κ3) is 5.88. The maximum absolute atomic E-state index is 13.4. The molecule has 8 nitrogen and oxygen atoms in total. The first-order chi connectivity index (χ1) is 17.5. The monoisotopic (exact) mass is 512 g/mol. The van der Waals surface area contributed by atoms with Gasteiger partial charge in [0.1, 0.15) is 18.2 Å². The molecule has 0 aliphatic carbocycles. The lowest BCUT2D eigenvalue weighted by Crippen LogP contribution is -2.13. The van der Waals surface area contributed by atoms with E-state index in [2.05, 4.69) is 15.3 Å². The summed E-state index contributed by atoms with van der Waals surface area (Å²) in [6, 6.07) is 14.7. The number of nitrogens with zero attached hydrogens (tertiary/aromatic N) is 3. The predicted molar refractivity (Wildman–Crippen MR) is 132 cm³/mol. The number of rotatable bonds is 8. The van der Waals surface area contributed by atoms with Gasteiger partial charge in [-0.05, 0) is 37.1 Å². The number of nitro groups is 1. The molecule has 1 atom stereocenters. The standard InChI is InChI=1S/C26H23F3N4O4/c1-15(18-9-19(26(27,28)29)11-20(10-18)33(34)35)30-25-21-12-23(36-3)24(13-22(21)31-16(2)32-25)37-14-17-7-5-4-6-8-17/h4-13,15H,14H2,1-3H3,(H,30,31,32)/t15-/m1/s1. The number of fused-ring (bicyclic) bond motifs is 1. The number of halogens is 3. The van der Waals surface area contributed by atoms with Gasteiger partial charge in [-0.2, -0.15) is 13.2 Å². The Bertz CT molecular complexity index is 1450. The van der Waals surface area contributed by atoms with Gasteiger partial charge in [0.15, 0.2) is 11.5 Å². The van der Waals surface area contributed by atoms with E-state index in [0.29, 0.717) is 46.7 Å². The van der Waals surface area contributed by atoms with Gasteiger partial charge < -0.3 is 14.8 Å². The number of ether oxygens (including phenoxy) is 2. The summed E-state index contributed by atoms with van der Waals surface area (Å²) in [5.41, 5.74) is -0.170. The Morgan fingerprint density at radius 2 is 1.78 bits per heavy atom. The topological polar surface area (TPSA) is 99.4 Å². The highest BCUT2D eigenvalue weighted by Crippen LogP contribution is 2.37. The maximum atomic E-state index is 13.4. The molecule has 4 aromatic rings. The number of hydrogen-bond acceptors (Lipinski definition) is 7. The summed E-state index contributed by atoms with van der Waals surface area (Å²) in [6.07, 6.45) is -4.73. The van der Waals surface area contributed by atoms with Crippen LogP contribution in [0, 0.1) is 17.0 Å². The van der Waals surface area contributed by atoms with E-state index in [9.17, 15) is 23.3 Å². The number of hydrogen-bond donors (Lipinski definition) is 1. The Kier molecular flexibility index (Phi) is 7.14. The van der Waals surface area contributed by atoms with Crippen molar-refractivity contribution in [1.82, 2.24) is 9.97 Å². The molecule has 1 heterocycles. The Labute approximate surface area is 210 Å². The van der Waals surface area contributed by atoms with E-state index in [1.54, 1.807) is 26.0 Å². The molecule has 0 saturated carbocycles. The van der Waals surface area contributed by atoms with Crippen LogP contribution in [-0.4, -0.2) is 22.0 Å². The van der Waals surface area contributed by atoms with E-state index in [0.717, 1.165) is 17.7 Å². The molecule has 1 aromatic heterocycles. The summed E-state index contributed by atoms with van der Waals surface area (Å²) in [4.78, 5) is 19.3. The Morgan fingerprint density at radius 3 is 2.43 bits per heavy atom. The molecule has 1 N–H and O–H groups in total. The van der Waals surface area contributed by atoms with E-state index < -0.39 is 28.4 Å². The minimum Gasteiger partial charge on any atom is -0.493 e. The zero-order valence-corrected chi connectivity index (χ0v) is 20.2. The van der Waals surface area contributed by atoms with Crippen LogP contribution < -0.4 is 14.8 Å². The Hall–Kier alpha value is -4.41. The Balaban J connectivity index is 1.70. The van der Waals surface area contributed by atoms with E-state index in [-0.39, 0.29) is 5.56 Å². The van der Waals surface area contributed by atoms with Crippen LogP contribution in [0.25, 0.3) is 10.9 Å². The van der Waals surface area contributed by atoms with Crippen molar-refractivity contribution in [3.63, 3.8) is 0 Å². The third-order valence-electron chi connectivity index (χ3n) is 5.66. The fourth-order valence-corrected chi connectivity index (χ4v) is 3.81. The summed E-state index contributed by atoms with van der Waals surface area (Å²) in [5, 5.41) is 14.9. The van der Waals surface area contributed by atoms with Crippen LogP contribution in [0.1, 0.15) is 35.5 Å². The molecule has 0 amide bonds. The largest absolute Gasteiger partial charge is 0.493 e. The minimum atomic E-state index is -4.73. The first-order valence-corrected chi connectivity index (χ1v) is 11.2. The van der Waals surface area contributed by atoms with Gasteiger partial charge in [-0.15, -0.1) is 0 Å². The highest BCUT2D eigenvalue weighted by atomic mass is 19.4. The number of benzene rings is 3. The van der Waals surface area contributed by atoms with Crippen molar-refractivity contribution < 1.29 is 27.6 Å². The summed E-state index contributed by atoms with van der Waals surface area (Å²) >= 11 is 0. The molecule has 0 aliphatic rings. The molecule has 192 valence electrons. The molecule has 0 bridgehead atoms. The molecule has 4 rings (SSSR count). The minimum absolute atomic E-state index is 0.0840. The van der Waals surface area contributed by atoms with E-state index in [1.165, 1.54) is 7.11 Å². The highest BCUT2D eigenvalue weighted by Gasteiger charge is 2.33. The van der Waals surface area contributed by atoms with Crippen molar-refractivity contribution in [2.24, 2.45) is 0 Å². The lowest BCUT2D eigenvalue weighted by atomic mass is 10.0. The molecule has 3 aromatic carbocycles. The second-order valence-corrected chi connectivity index (χ2v) is 8.35. The van der Waals surface area contributed by atoms with Crippen molar-refractivity contribution in [2.75, 3.05) is 12.4 Å². The number of aryl methyl sites for hydroxylation is 1. The summed E-state index contributed by atoms with van der Waals surface area (Å²) in [6.45, 7) is 3.58. The molecule has 0 spiro atoms. The quantitative estimate of drug-likeness (QED) is 0.209. The molecule has 0 unspecified atom stereocenters. The zero-order valence-electron chi connectivity index (χ0n) is 20.2. The third-order valence-corrected chi connectivity index (χ3v) is 5.66. The van der Waals surface area contributed by atoms with Crippen LogP contribution in [-0.2, 0) is 12.8 Å². The van der Waals surface area contributed by atoms with Crippen LogP contribution in [0.4, 0.5) is 24.7 Å². The van der Waals surface area contributed by atoms with E-state index in [1.807, 2.05) is 30.3 Å². The molecule has 37 heavy (non-hydrogen) atoms. The van der Waals surface area contributed by atoms with Gasteiger partial charge in [0.25, 0.3) is 5.69 Å². The average Bonchev–Trinajstić information content (AvgIpc) is 2.86. The van der Waals surface area contributed by atoms with Crippen molar-refractivity contribution in [3.8, 4) is 11.5 Å². The zero-order chi connectivity index (χ0) is 26.7. The van der Waals surface area contributed by atoms with Crippen molar-refractivity contribution in [2.45, 2.75) is 32.7 Å². The van der Waals surface area contributed by atoms with Crippen LogP contribution in [0.3, 0.4) is 0 Å². The van der Waals surface area contributed by atoms with Crippen LogP contribution in [0.15, 0.2) is 60.7 Å². The smallest absolute Gasteiger partial charge is 0.416 e. The number of anilines is 1. The van der Waals surface area contributed by atoms with Crippen LogP contribution in [0.2, 0.25) is 0 Å². The molecule has 0 saturated heterocycles. The average molecular weight is 512 g/mol. The number of aromatic nitrogens is 2. The first-order valence-electron chi connectivity index (χ1n) is 11.2. The van der Waals surface area contributed by atoms with Gasteiger partial charge in [0.2, 0.25) is 0 Å². The van der Waals surface area contributed by atoms with Gasteiger partial charge >= 0.3 is 6.18 Å². The van der Waals surface area contributed by atoms with Gasteiger partial charge in [-0.1, -0.05) is 30.3 Å². The fourth-order valence-electron chi connectivity index (χ4n) is 3.81. The number of non-ortho nitro benzene ring substituents is 1. The number of alkyl halides is 3. The number of nitrogens with one attached hydrogen (secondary N) is 1. The normalized spacial score (nSPS) is 12.3. The highest BCUT2D eigenvalue weighted by molar-refractivity contribution is 5.92. The van der Waals surface area contributed by atoms with Crippen LogP contribution >= 0.6 is 0 Å². The molecule has 0 aliphatic heterocycles. The van der Waals surface area contributed by atoms with Gasteiger partial charge in [0, 0.05) is 23.6 Å². The lowest BCUT2D eigenvalue weighted by molar-refractivity contribution is -0.385. The molecular weight excluding hydrogens is 489 g/mol. The maximum Gasteiger partial charge on any atom is 0.416 e. The second kappa shape index (κ2) is 10.3. The molecule has 0 fully saturated rings. The SMILES string of the molecule is COc1cc2c(N[C@H](C)c3cc([N+](=O)[O-])cc(C(F)(F)F)c3)nc(C)nc2cc1OCc1ccccc1. The lowest BCUT2D eigenvalue weighted by Gasteiger charge is -2.19. The van der Waals surface area contributed by atoms with Gasteiger partial charge in [-0.25, -0.2) is 9.97 Å². The fraction of sp³-hybridized carbons (Fsp3) is 0.231. The summed E-state index contributed by atoms with van der Waals surface area (Å²) in [5.74, 6) is 1.63. The Morgan fingerprint density at radius 1 is 1.05 bits per heavy atom. The summed E-state index contributed by atoms with van der Waals surface area (Å²) < 4.78 is 51.6. The number of methoxy groups -OCH3 is 1. The van der Waals surface area contributed by atoms with Gasteiger partial charge in [0.05, 0.1) is 29.2 Å². The van der Waals surface area contributed by atoms with Crippen molar-refractivity contribution >= 4 is 22.4 Å². The number of nitro benzene ring substituents is 1. The van der Waals surface area contributed by atoms with Crippen molar-refractivity contribution in [3.05, 3.63) is 93.3 Å². The molecular formula is C26H23F3N4O4. The first kappa shape index (κ1) is 25.7. The van der Waals surface area contributed by atoms with Crippen molar-refractivity contribution in [1.29, 1.82) is 0 Å².